The zero-order valence-electron chi connectivity index (χ0n) is 38.9. The molecule has 1 N–H and O–H groups in total. The summed E-state index contributed by atoms with van der Waals surface area (Å²) in [6.07, 6.45) is 12.8. The molecule has 2 saturated heterocycles. The van der Waals surface area contributed by atoms with Crippen LogP contribution in [0.5, 0.6) is 0 Å². The molecule has 0 unspecified atom stereocenters. The normalized spacial score (nSPS) is 25.0. The maximum absolute atomic E-state index is 10.1. The number of methoxy groups -OCH3 is 1. The highest BCUT2D eigenvalue weighted by Crippen LogP contribution is 2.45. The van der Waals surface area contributed by atoms with Gasteiger partial charge in [-0.3, -0.25) is 0 Å². The van der Waals surface area contributed by atoms with Crippen molar-refractivity contribution >= 4 is 27.0 Å². The molecule has 328 valence electrons. The van der Waals surface area contributed by atoms with Gasteiger partial charge in [0.1, 0.15) is 0 Å². The largest absolute Gasteiger partial charge is 0.410 e. The van der Waals surface area contributed by atoms with E-state index in [0.29, 0.717) is 34.9 Å². The molecule has 0 amide bonds. The van der Waals surface area contributed by atoms with Gasteiger partial charge >= 0.3 is 0 Å². The van der Waals surface area contributed by atoms with Crippen LogP contribution in [0.1, 0.15) is 141 Å². The first-order valence-corrected chi connectivity index (χ1v) is 27.1. The van der Waals surface area contributed by atoms with Gasteiger partial charge in [-0.2, -0.15) is 0 Å². The summed E-state index contributed by atoms with van der Waals surface area (Å²) in [5, 5.41) is 12.6. The monoisotopic (exact) mass is 837 g/mol. The fourth-order valence-electron chi connectivity index (χ4n) is 10.6. The quantitative estimate of drug-likeness (QED) is 0.0998. The fraction of sp³-hybridized carbons (Fsp3) is 0.720. The van der Waals surface area contributed by atoms with E-state index in [4.69, 9.17) is 23.1 Å². The third kappa shape index (κ3) is 12.5. The predicted octanol–water partition coefficient (Wildman–Crippen LogP) is 11.4. The van der Waals surface area contributed by atoms with E-state index in [1.807, 2.05) is 7.11 Å². The van der Waals surface area contributed by atoms with Gasteiger partial charge in [0.05, 0.1) is 42.7 Å². The molecular weight excluding hydrogens is 753 g/mol. The van der Waals surface area contributed by atoms with Crippen molar-refractivity contribution in [1.82, 2.24) is 0 Å². The van der Waals surface area contributed by atoms with Crippen LogP contribution < -0.4 is 10.4 Å². The van der Waals surface area contributed by atoms with Gasteiger partial charge in [-0.25, -0.2) is 0 Å². The highest BCUT2D eigenvalue weighted by Gasteiger charge is 2.52. The second kappa shape index (κ2) is 22.5. The molecule has 58 heavy (non-hydrogen) atoms. The van der Waals surface area contributed by atoms with Crippen molar-refractivity contribution in [2.24, 2.45) is 11.8 Å². The molecule has 2 aliphatic heterocycles. The molecule has 8 atom stereocenters. The Morgan fingerprint density at radius 2 is 1.33 bits per heavy atom. The molecule has 0 spiro atoms. The lowest BCUT2D eigenvalue weighted by Gasteiger charge is -2.47. The lowest BCUT2D eigenvalue weighted by Crippen LogP contribution is -2.68. The van der Waals surface area contributed by atoms with E-state index >= 15 is 0 Å². The maximum Gasteiger partial charge on any atom is 0.261 e. The molecule has 2 aliphatic rings. The Morgan fingerprint density at radius 1 is 0.759 bits per heavy atom. The Kier molecular flexibility index (Phi) is 19.0. The van der Waals surface area contributed by atoms with E-state index in [1.54, 1.807) is 0 Å². The SMILES string of the molecule is CO[C@@H](C[C@@H]1C[C@@H](O[Si](c2ccccc2)(c2ccccc2)C(C)(C)C)C[C@H](CCO)O1)C[C@H]1O[C@H](C[C@@H](/C=C/CC(C)C)O[Si](C(C)C)(C(C)C)C(C)C)CC[C@@H]1C. The van der Waals surface area contributed by atoms with Crippen LogP contribution in [0.15, 0.2) is 72.8 Å². The van der Waals surface area contributed by atoms with Crippen LogP contribution >= 0.6 is 0 Å². The summed E-state index contributed by atoms with van der Waals surface area (Å²) in [5.74, 6) is 1.06. The van der Waals surface area contributed by atoms with E-state index in [9.17, 15) is 5.11 Å². The van der Waals surface area contributed by atoms with Crippen LogP contribution in [-0.2, 0) is 23.1 Å². The van der Waals surface area contributed by atoms with Crippen molar-refractivity contribution in [3.63, 3.8) is 0 Å². The summed E-state index contributed by atoms with van der Waals surface area (Å²) >= 11 is 0. The van der Waals surface area contributed by atoms with Gasteiger partial charge in [0.2, 0.25) is 8.32 Å². The first-order valence-electron chi connectivity index (χ1n) is 23.0. The topological polar surface area (TPSA) is 66.4 Å². The number of ether oxygens (including phenoxy) is 3. The molecule has 6 nitrogen and oxygen atoms in total. The van der Waals surface area contributed by atoms with Crippen molar-refractivity contribution in [1.29, 1.82) is 0 Å². The summed E-state index contributed by atoms with van der Waals surface area (Å²) in [6, 6.07) is 21.8. The Labute approximate surface area is 357 Å². The molecule has 0 aliphatic carbocycles. The van der Waals surface area contributed by atoms with Crippen LogP contribution in [0, 0.1) is 11.8 Å². The molecule has 2 aromatic rings. The van der Waals surface area contributed by atoms with E-state index in [2.05, 4.69) is 156 Å². The summed E-state index contributed by atoms with van der Waals surface area (Å²) in [7, 11) is -3.00. The van der Waals surface area contributed by atoms with Crippen LogP contribution in [0.4, 0.5) is 0 Å². The lowest BCUT2D eigenvalue weighted by atomic mass is 9.87. The molecule has 0 saturated carbocycles. The van der Waals surface area contributed by atoms with Gasteiger partial charge in [0.25, 0.3) is 8.32 Å². The molecule has 8 heteroatoms. The van der Waals surface area contributed by atoms with Gasteiger partial charge in [-0.15, -0.1) is 0 Å². The maximum atomic E-state index is 10.1. The molecule has 2 fully saturated rings. The standard InChI is InChI=1S/C50H84O6Si2/c1-36(2)21-20-22-43(55-57(37(3)4,38(5)6)39(7)8)31-41-28-27-40(9)49(54-41)35-44(52-13)33-45-34-46(32-42(53-45)29-30-51)56-58(50(10,11)12,47-23-16-14-17-24-47)48-25-18-15-19-26-48/h14-20,22-26,36-46,49,51H,21,27-35H2,1-13H3/b22-20+/t40-,41-,42-,43+,44-,45+,46-,49+/m0/s1. The molecular formula is C50H84O6Si2. The Balaban J connectivity index is 1.53. The van der Waals surface area contributed by atoms with Gasteiger partial charge in [-0.05, 0) is 88.8 Å². The Hall–Kier alpha value is -1.63. The average molecular weight is 837 g/mol. The molecule has 0 bridgehead atoms. The third-order valence-corrected chi connectivity index (χ3v) is 24.7. The Bertz CT molecular complexity index is 1410. The van der Waals surface area contributed by atoms with Crippen molar-refractivity contribution in [2.45, 2.75) is 205 Å². The van der Waals surface area contributed by atoms with E-state index in [-0.39, 0.29) is 54.4 Å². The van der Waals surface area contributed by atoms with Crippen molar-refractivity contribution < 1.29 is 28.2 Å². The number of benzene rings is 2. The van der Waals surface area contributed by atoms with Crippen LogP contribution in [0.2, 0.25) is 21.7 Å². The van der Waals surface area contributed by atoms with Gasteiger partial charge in [-0.1, -0.05) is 156 Å². The first kappa shape index (κ1) is 49.0. The minimum atomic E-state index is -2.76. The lowest BCUT2D eigenvalue weighted by molar-refractivity contribution is -0.130. The van der Waals surface area contributed by atoms with E-state index in [0.717, 1.165) is 51.4 Å². The third-order valence-electron chi connectivity index (χ3n) is 13.5. The number of rotatable bonds is 21. The summed E-state index contributed by atoms with van der Waals surface area (Å²) in [6.45, 7) is 28.3. The summed E-state index contributed by atoms with van der Waals surface area (Å²) in [4.78, 5) is 0. The number of aliphatic hydroxyl groups excluding tert-OH is 1. The number of aliphatic hydroxyl groups is 1. The number of hydrogen-bond donors (Lipinski definition) is 1. The highest BCUT2D eigenvalue weighted by molar-refractivity contribution is 6.99. The van der Waals surface area contributed by atoms with Crippen LogP contribution in [-0.4, -0.2) is 78.2 Å². The van der Waals surface area contributed by atoms with Gasteiger partial charge < -0.3 is 28.2 Å². The van der Waals surface area contributed by atoms with E-state index < -0.39 is 16.6 Å². The first-order chi connectivity index (χ1) is 27.5. The van der Waals surface area contributed by atoms with Crippen LogP contribution in [0.3, 0.4) is 0 Å². The molecule has 0 aromatic heterocycles. The zero-order chi connectivity index (χ0) is 42.7. The smallest absolute Gasteiger partial charge is 0.261 e. The number of allylic oxidation sites excluding steroid dienone is 1. The molecule has 0 radical (unpaired) electrons. The minimum absolute atomic E-state index is 0.00721. The van der Waals surface area contributed by atoms with Crippen molar-refractivity contribution in [3.05, 3.63) is 72.8 Å². The zero-order valence-corrected chi connectivity index (χ0v) is 40.9. The summed E-state index contributed by atoms with van der Waals surface area (Å²) in [5.41, 5.74) is 1.59. The molecule has 2 heterocycles. The fourth-order valence-corrected chi connectivity index (χ4v) is 20.8. The number of hydrogen-bond acceptors (Lipinski definition) is 6. The second-order valence-corrected chi connectivity index (χ2v) is 29.9. The van der Waals surface area contributed by atoms with Crippen molar-refractivity contribution in [2.75, 3.05) is 13.7 Å². The second-order valence-electron chi connectivity index (χ2n) is 20.2. The van der Waals surface area contributed by atoms with E-state index in [1.165, 1.54) is 10.4 Å². The Morgan fingerprint density at radius 3 is 1.83 bits per heavy atom. The molecule has 2 aromatic carbocycles. The summed E-state index contributed by atoms with van der Waals surface area (Å²) < 4.78 is 35.3. The van der Waals surface area contributed by atoms with Crippen LogP contribution in [0.25, 0.3) is 0 Å². The van der Waals surface area contributed by atoms with Gasteiger partial charge in [0.15, 0.2) is 0 Å². The average Bonchev–Trinajstić information content (AvgIpc) is 3.16. The minimum Gasteiger partial charge on any atom is -0.410 e. The van der Waals surface area contributed by atoms with Gasteiger partial charge in [0, 0.05) is 26.6 Å². The highest BCUT2D eigenvalue weighted by atomic mass is 28.4. The predicted molar refractivity (Wildman–Crippen MR) is 248 cm³/mol. The molecule has 4 rings (SSSR count). The van der Waals surface area contributed by atoms with Crippen molar-refractivity contribution in [3.8, 4) is 0 Å².